The number of hydrogen-bond donors (Lipinski definition) is 1. The van der Waals surface area contributed by atoms with E-state index in [-0.39, 0.29) is 0 Å². The molecule has 1 aromatic carbocycles. The maximum atomic E-state index is 12.9. The molecule has 0 saturated carbocycles. The summed E-state index contributed by atoms with van der Waals surface area (Å²) in [7, 11) is 3.05. The summed E-state index contributed by atoms with van der Waals surface area (Å²) in [6.45, 7) is 2.07. The van der Waals surface area contributed by atoms with E-state index in [2.05, 4.69) is 15.4 Å². The number of methoxy groups -OCH3 is 1. The summed E-state index contributed by atoms with van der Waals surface area (Å²) in [4.78, 5) is 16.3. The zero-order valence-electron chi connectivity index (χ0n) is 15.5. The maximum absolute atomic E-state index is 12.9. The largest absolute Gasteiger partial charge is 0.469 e. The molecule has 2 heterocycles. The van der Waals surface area contributed by atoms with E-state index in [1.54, 1.807) is 30.8 Å². The molecule has 0 aliphatic carbocycles. The van der Waals surface area contributed by atoms with Gasteiger partial charge in [-0.05, 0) is 37.7 Å². The standard InChI is InChI=1S/C19H19F3N4O2/c1-11(18(27)28-3)15-8-9-24-17-16(14(10-23-2)25-26(15)17)12-4-6-13(7-5-12)19(20,21)22/h4-9,11,23H,10H2,1-3H3. The first kappa shape index (κ1) is 19.8. The Morgan fingerprint density at radius 2 is 1.93 bits per heavy atom. The van der Waals surface area contributed by atoms with E-state index in [9.17, 15) is 18.0 Å². The minimum absolute atomic E-state index is 0.381. The Labute approximate surface area is 159 Å². The van der Waals surface area contributed by atoms with Gasteiger partial charge in [-0.1, -0.05) is 12.1 Å². The molecule has 28 heavy (non-hydrogen) atoms. The van der Waals surface area contributed by atoms with Crippen LogP contribution in [0.2, 0.25) is 0 Å². The predicted molar refractivity (Wildman–Crippen MR) is 96.6 cm³/mol. The molecule has 1 unspecified atom stereocenters. The van der Waals surface area contributed by atoms with Crippen LogP contribution in [0.5, 0.6) is 0 Å². The smallest absolute Gasteiger partial charge is 0.416 e. The Morgan fingerprint density at radius 3 is 2.50 bits per heavy atom. The van der Waals surface area contributed by atoms with E-state index < -0.39 is 23.6 Å². The van der Waals surface area contributed by atoms with E-state index >= 15 is 0 Å². The number of nitrogens with zero attached hydrogens (tertiary/aromatic N) is 3. The number of benzene rings is 1. The van der Waals surface area contributed by atoms with Gasteiger partial charge in [0.25, 0.3) is 0 Å². The van der Waals surface area contributed by atoms with Crippen LogP contribution in [0.15, 0.2) is 36.5 Å². The highest BCUT2D eigenvalue weighted by molar-refractivity contribution is 5.81. The Hall–Kier alpha value is -2.94. The van der Waals surface area contributed by atoms with Crippen molar-refractivity contribution in [2.45, 2.75) is 25.6 Å². The molecule has 0 aliphatic rings. The average Bonchev–Trinajstić information content (AvgIpc) is 3.04. The molecular formula is C19H19F3N4O2. The van der Waals surface area contributed by atoms with Gasteiger partial charge in [0.05, 0.1) is 35.5 Å². The van der Waals surface area contributed by atoms with E-state index in [0.29, 0.717) is 34.7 Å². The third-order valence-electron chi connectivity index (χ3n) is 4.46. The Morgan fingerprint density at radius 1 is 1.25 bits per heavy atom. The fourth-order valence-corrected chi connectivity index (χ4v) is 3.05. The number of esters is 1. The molecule has 9 heteroatoms. The molecule has 3 aromatic rings. The summed E-state index contributed by atoms with van der Waals surface area (Å²) in [6, 6.07) is 6.53. The number of carbonyl (C=O) groups is 1. The van der Waals surface area contributed by atoms with Crippen LogP contribution in [0, 0.1) is 0 Å². The molecule has 0 amide bonds. The molecule has 0 bridgehead atoms. The van der Waals surface area contributed by atoms with Crippen LogP contribution in [-0.4, -0.2) is 34.7 Å². The third-order valence-corrected chi connectivity index (χ3v) is 4.46. The fourth-order valence-electron chi connectivity index (χ4n) is 3.05. The van der Waals surface area contributed by atoms with Crippen molar-refractivity contribution in [2.24, 2.45) is 0 Å². The number of nitrogens with one attached hydrogen (secondary N) is 1. The molecule has 2 aromatic heterocycles. The van der Waals surface area contributed by atoms with Gasteiger partial charge in [-0.2, -0.15) is 18.3 Å². The van der Waals surface area contributed by atoms with Gasteiger partial charge in [0.2, 0.25) is 0 Å². The molecule has 0 saturated heterocycles. The van der Waals surface area contributed by atoms with Crippen LogP contribution >= 0.6 is 0 Å². The molecule has 0 fully saturated rings. The number of ether oxygens (including phenoxy) is 1. The predicted octanol–water partition coefficient (Wildman–Crippen LogP) is 3.41. The van der Waals surface area contributed by atoms with Crippen LogP contribution < -0.4 is 5.32 Å². The van der Waals surface area contributed by atoms with Crippen molar-refractivity contribution in [3.05, 3.63) is 53.5 Å². The lowest BCUT2D eigenvalue weighted by Gasteiger charge is -2.11. The number of aromatic nitrogens is 3. The lowest BCUT2D eigenvalue weighted by atomic mass is 10.0. The van der Waals surface area contributed by atoms with Gasteiger partial charge in [-0.3, -0.25) is 4.79 Å². The van der Waals surface area contributed by atoms with Crippen molar-refractivity contribution in [3.63, 3.8) is 0 Å². The van der Waals surface area contributed by atoms with Gasteiger partial charge in [0.15, 0.2) is 5.65 Å². The van der Waals surface area contributed by atoms with Gasteiger partial charge in [0.1, 0.15) is 0 Å². The summed E-state index contributed by atoms with van der Waals surface area (Å²) in [5.74, 6) is -1.01. The summed E-state index contributed by atoms with van der Waals surface area (Å²) in [5.41, 5.74) is 2.09. The maximum Gasteiger partial charge on any atom is 0.416 e. The van der Waals surface area contributed by atoms with Crippen molar-refractivity contribution in [1.82, 2.24) is 19.9 Å². The SMILES string of the molecule is CNCc1nn2c(C(C)C(=O)OC)ccnc2c1-c1ccc(C(F)(F)F)cc1. The fraction of sp³-hybridized carbons (Fsp3) is 0.316. The molecule has 0 aliphatic heterocycles. The molecule has 6 nitrogen and oxygen atoms in total. The highest BCUT2D eigenvalue weighted by Crippen LogP contribution is 2.33. The topological polar surface area (TPSA) is 68.5 Å². The molecule has 3 rings (SSSR count). The monoisotopic (exact) mass is 392 g/mol. The van der Waals surface area contributed by atoms with Crippen molar-refractivity contribution in [3.8, 4) is 11.1 Å². The van der Waals surface area contributed by atoms with Crippen LogP contribution in [0.3, 0.4) is 0 Å². The summed E-state index contributed by atoms with van der Waals surface area (Å²) >= 11 is 0. The zero-order valence-corrected chi connectivity index (χ0v) is 15.5. The second kappa shape index (κ2) is 7.59. The lowest BCUT2D eigenvalue weighted by molar-refractivity contribution is -0.142. The number of hydrogen-bond acceptors (Lipinski definition) is 5. The first-order valence-electron chi connectivity index (χ1n) is 8.54. The molecule has 1 atom stereocenters. The molecular weight excluding hydrogens is 373 g/mol. The second-order valence-electron chi connectivity index (χ2n) is 6.28. The van der Waals surface area contributed by atoms with Crippen molar-refractivity contribution >= 4 is 11.6 Å². The Bertz CT molecular complexity index is 997. The van der Waals surface area contributed by atoms with Gasteiger partial charge in [-0.25, -0.2) is 9.50 Å². The first-order valence-corrected chi connectivity index (χ1v) is 8.54. The van der Waals surface area contributed by atoms with Crippen LogP contribution in [0.25, 0.3) is 16.8 Å². The van der Waals surface area contributed by atoms with Crippen molar-refractivity contribution in [2.75, 3.05) is 14.2 Å². The number of rotatable bonds is 5. The lowest BCUT2D eigenvalue weighted by Crippen LogP contribution is -2.15. The van der Waals surface area contributed by atoms with E-state index in [0.717, 1.165) is 12.1 Å². The van der Waals surface area contributed by atoms with Crippen molar-refractivity contribution in [1.29, 1.82) is 0 Å². The molecule has 148 valence electrons. The molecule has 0 radical (unpaired) electrons. The first-order chi connectivity index (χ1) is 13.3. The summed E-state index contributed by atoms with van der Waals surface area (Å²) in [6.07, 6.45) is -2.86. The Kier molecular flexibility index (Phi) is 5.37. The normalized spacial score (nSPS) is 12.9. The van der Waals surface area contributed by atoms with Crippen molar-refractivity contribution < 1.29 is 22.7 Å². The third kappa shape index (κ3) is 3.57. The molecule has 1 N–H and O–H groups in total. The average molecular weight is 392 g/mol. The highest BCUT2D eigenvalue weighted by Gasteiger charge is 2.30. The van der Waals surface area contributed by atoms with Crippen LogP contribution in [-0.2, 0) is 22.3 Å². The number of carbonyl (C=O) groups excluding carboxylic acids is 1. The molecule has 0 spiro atoms. The van der Waals surface area contributed by atoms with Crippen LogP contribution in [0.4, 0.5) is 13.2 Å². The number of fused-ring (bicyclic) bond motifs is 1. The zero-order chi connectivity index (χ0) is 20.5. The van der Waals surface area contributed by atoms with Gasteiger partial charge in [0, 0.05) is 12.7 Å². The van der Waals surface area contributed by atoms with E-state index in [4.69, 9.17) is 4.74 Å². The number of alkyl halides is 3. The van der Waals surface area contributed by atoms with E-state index in [1.165, 1.54) is 19.2 Å². The second-order valence-corrected chi connectivity index (χ2v) is 6.28. The van der Waals surface area contributed by atoms with Gasteiger partial charge in [-0.15, -0.1) is 0 Å². The number of halogens is 3. The van der Waals surface area contributed by atoms with Crippen LogP contribution in [0.1, 0.15) is 29.8 Å². The van der Waals surface area contributed by atoms with Gasteiger partial charge >= 0.3 is 12.1 Å². The van der Waals surface area contributed by atoms with Gasteiger partial charge < -0.3 is 10.1 Å². The van der Waals surface area contributed by atoms with E-state index in [1.807, 2.05) is 0 Å². The quantitative estimate of drug-likeness (QED) is 0.674. The summed E-state index contributed by atoms with van der Waals surface area (Å²) < 4.78 is 45.0. The minimum atomic E-state index is -4.41. The summed E-state index contributed by atoms with van der Waals surface area (Å²) in [5, 5.41) is 7.55. The Balaban J connectivity index is 2.19. The minimum Gasteiger partial charge on any atom is -0.469 e. The highest BCUT2D eigenvalue weighted by atomic mass is 19.4.